The van der Waals surface area contributed by atoms with Gasteiger partial charge in [0.25, 0.3) is 0 Å². The van der Waals surface area contributed by atoms with Crippen LogP contribution in [0.1, 0.15) is 19.0 Å². The highest BCUT2D eigenvalue weighted by atomic mass is 16.1. The summed E-state index contributed by atoms with van der Waals surface area (Å²) in [6.07, 6.45) is 5.44. The number of imidazole rings is 1. The van der Waals surface area contributed by atoms with Crippen molar-refractivity contribution in [3.63, 3.8) is 0 Å². The summed E-state index contributed by atoms with van der Waals surface area (Å²) < 4.78 is 2.12. The second kappa shape index (κ2) is 3.82. The summed E-state index contributed by atoms with van der Waals surface area (Å²) in [6.45, 7) is 3.58. The number of fused-ring (bicyclic) bond motifs is 1. The molecule has 1 N–H and O–H groups in total. The van der Waals surface area contributed by atoms with Crippen LogP contribution in [-0.2, 0) is 17.8 Å². The van der Waals surface area contributed by atoms with E-state index < -0.39 is 0 Å². The van der Waals surface area contributed by atoms with Crippen LogP contribution in [0.25, 0.3) is 0 Å². The molecule has 0 saturated carbocycles. The maximum Gasteiger partial charge on any atom is 0.223 e. The van der Waals surface area contributed by atoms with E-state index in [4.69, 9.17) is 0 Å². The molecule has 0 saturated heterocycles. The lowest BCUT2D eigenvalue weighted by molar-refractivity contribution is -0.125. The van der Waals surface area contributed by atoms with Gasteiger partial charge in [-0.2, -0.15) is 0 Å². The third kappa shape index (κ3) is 1.64. The van der Waals surface area contributed by atoms with Gasteiger partial charge in [0.05, 0.1) is 6.33 Å². The highest BCUT2D eigenvalue weighted by Crippen LogP contribution is 2.19. The van der Waals surface area contributed by atoms with Gasteiger partial charge in [-0.15, -0.1) is 0 Å². The molecule has 1 atom stereocenters. The van der Waals surface area contributed by atoms with Crippen LogP contribution in [0.4, 0.5) is 0 Å². The molecule has 4 heteroatoms. The van der Waals surface area contributed by atoms with Gasteiger partial charge < -0.3 is 9.88 Å². The molecule has 1 aliphatic heterocycles. The minimum absolute atomic E-state index is 0.138. The van der Waals surface area contributed by atoms with Gasteiger partial charge in [0.15, 0.2) is 0 Å². The Balaban J connectivity index is 2.04. The fourth-order valence-electron chi connectivity index (χ4n) is 1.91. The molecule has 1 aliphatic rings. The standard InChI is InChI=1S/C10H15N3O/c1-2-12-10(14)8-3-4-13-7-11-6-9(13)5-8/h6-8H,2-5H2,1H3,(H,12,14). The van der Waals surface area contributed by atoms with E-state index in [0.717, 1.165) is 19.4 Å². The maximum absolute atomic E-state index is 11.6. The molecular formula is C10H15N3O. The molecule has 1 aromatic rings. The Morgan fingerprint density at radius 2 is 2.64 bits per heavy atom. The molecule has 4 nitrogen and oxygen atoms in total. The first-order valence-electron chi connectivity index (χ1n) is 5.08. The van der Waals surface area contributed by atoms with Gasteiger partial charge >= 0.3 is 0 Å². The van der Waals surface area contributed by atoms with Gasteiger partial charge in [-0.1, -0.05) is 0 Å². The lowest BCUT2D eigenvalue weighted by Crippen LogP contribution is -2.34. The normalized spacial score (nSPS) is 20.2. The quantitative estimate of drug-likeness (QED) is 0.747. The lowest BCUT2D eigenvalue weighted by atomic mass is 9.95. The predicted molar refractivity (Wildman–Crippen MR) is 52.7 cm³/mol. The Kier molecular flexibility index (Phi) is 2.52. The Bertz CT molecular complexity index is 332. The molecule has 76 valence electrons. The Labute approximate surface area is 83.3 Å². The highest BCUT2D eigenvalue weighted by Gasteiger charge is 2.23. The average Bonchev–Trinajstić information content (AvgIpc) is 2.64. The molecule has 0 aromatic carbocycles. The van der Waals surface area contributed by atoms with Crippen molar-refractivity contribution in [2.45, 2.75) is 26.3 Å². The van der Waals surface area contributed by atoms with E-state index in [1.807, 2.05) is 19.4 Å². The van der Waals surface area contributed by atoms with Gasteiger partial charge in [0, 0.05) is 37.3 Å². The van der Waals surface area contributed by atoms with Crippen LogP contribution in [0.3, 0.4) is 0 Å². The topological polar surface area (TPSA) is 46.9 Å². The fourth-order valence-corrected chi connectivity index (χ4v) is 1.91. The number of amides is 1. The molecule has 0 aliphatic carbocycles. The van der Waals surface area contributed by atoms with Crippen LogP contribution in [0.5, 0.6) is 0 Å². The largest absolute Gasteiger partial charge is 0.356 e. The van der Waals surface area contributed by atoms with Crippen LogP contribution in [-0.4, -0.2) is 22.0 Å². The zero-order valence-electron chi connectivity index (χ0n) is 8.36. The van der Waals surface area contributed by atoms with Crippen molar-refractivity contribution in [3.8, 4) is 0 Å². The molecule has 1 aromatic heterocycles. The summed E-state index contributed by atoms with van der Waals surface area (Å²) in [5.41, 5.74) is 1.17. The third-order valence-electron chi connectivity index (χ3n) is 2.69. The first-order valence-corrected chi connectivity index (χ1v) is 5.08. The smallest absolute Gasteiger partial charge is 0.223 e. The summed E-state index contributed by atoms with van der Waals surface area (Å²) in [5, 5.41) is 2.87. The van der Waals surface area contributed by atoms with Crippen LogP contribution in [0.15, 0.2) is 12.5 Å². The van der Waals surface area contributed by atoms with Crippen molar-refractivity contribution in [3.05, 3.63) is 18.2 Å². The number of nitrogens with zero attached hydrogens (tertiary/aromatic N) is 2. The van der Waals surface area contributed by atoms with Crippen LogP contribution in [0.2, 0.25) is 0 Å². The second-order valence-electron chi connectivity index (χ2n) is 3.66. The second-order valence-corrected chi connectivity index (χ2v) is 3.66. The summed E-state index contributed by atoms with van der Waals surface area (Å²) in [7, 11) is 0. The summed E-state index contributed by atoms with van der Waals surface area (Å²) in [4.78, 5) is 15.7. The van der Waals surface area contributed by atoms with E-state index in [1.165, 1.54) is 5.69 Å². The zero-order valence-corrected chi connectivity index (χ0v) is 8.36. The number of carbonyl (C=O) groups excluding carboxylic acids is 1. The molecule has 2 rings (SSSR count). The van der Waals surface area contributed by atoms with Crippen molar-refractivity contribution in [1.82, 2.24) is 14.9 Å². The molecule has 0 spiro atoms. The Morgan fingerprint density at radius 1 is 1.79 bits per heavy atom. The van der Waals surface area contributed by atoms with Gasteiger partial charge in [0.1, 0.15) is 0 Å². The van der Waals surface area contributed by atoms with E-state index in [9.17, 15) is 4.79 Å². The first kappa shape index (κ1) is 9.24. The van der Waals surface area contributed by atoms with E-state index in [0.29, 0.717) is 6.54 Å². The molecule has 2 heterocycles. The zero-order chi connectivity index (χ0) is 9.97. The molecular weight excluding hydrogens is 178 g/mol. The number of hydrogen-bond acceptors (Lipinski definition) is 2. The van der Waals surface area contributed by atoms with Gasteiger partial charge in [-0.3, -0.25) is 4.79 Å². The molecule has 14 heavy (non-hydrogen) atoms. The average molecular weight is 193 g/mol. The van der Waals surface area contributed by atoms with Crippen molar-refractivity contribution in [2.24, 2.45) is 5.92 Å². The minimum atomic E-state index is 0.138. The molecule has 1 amide bonds. The molecule has 0 fully saturated rings. The minimum Gasteiger partial charge on any atom is -0.356 e. The monoisotopic (exact) mass is 193 g/mol. The fraction of sp³-hybridized carbons (Fsp3) is 0.600. The summed E-state index contributed by atoms with van der Waals surface area (Å²) in [6, 6.07) is 0. The predicted octanol–water partition coefficient (Wildman–Crippen LogP) is 0.582. The third-order valence-corrected chi connectivity index (χ3v) is 2.69. The van der Waals surface area contributed by atoms with E-state index >= 15 is 0 Å². The molecule has 0 bridgehead atoms. The van der Waals surface area contributed by atoms with Crippen LogP contribution < -0.4 is 5.32 Å². The van der Waals surface area contributed by atoms with E-state index in [-0.39, 0.29) is 11.8 Å². The van der Waals surface area contributed by atoms with Gasteiger partial charge in [-0.05, 0) is 13.3 Å². The van der Waals surface area contributed by atoms with E-state index in [2.05, 4.69) is 14.9 Å². The van der Waals surface area contributed by atoms with Gasteiger partial charge in [0.2, 0.25) is 5.91 Å². The maximum atomic E-state index is 11.6. The van der Waals surface area contributed by atoms with Crippen molar-refractivity contribution >= 4 is 5.91 Å². The molecule has 1 unspecified atom stereocenters. The van der Waals surface area contributed by atoms with Crippen LogP contribution in [0, 0.1) is 5.92 Å². The van der Waals surface area contributed by atoms with E-state index in [1.54, 1.807) is 0 Å². The Hall–Kier alpha value is -1.32. The number of aryl methyl sites for hydroxylation is 1. The highest BCUT2D eigenvalue weighted by molar-refractivity contribution is 5.78. The summed E-state index contributed by atoms with van der Waals surface area (Å²) in [5.74, 6) is 0.319. The Morgan fingerprint density at radius 3 is 3.43 bits per heavy atom. The number of carbonyl (C=O) groups is 1. The van der Waals surface area contributed by atoms with Crippen LogP contribution >= 0.6 is 0 Å². The van der Waals surface area contributed by atoms with Crippen molar-refractivity contribution in [1.29, 1.82) is 0 Å². The van der Waals surface area contributed by atoms with Gasteiger partial charge in [-0.25, -0.2) is 4.98 Å². The number of rotatable bonds is 2. The first-order chi connectivity index (χ1) is 6.81. The number of hydrogen-bond donors (Lipinski definition) is 1. The van der Waals surface area contributed by atoms with Crippen molar-refractivity contribution < 1.29 is 4.79 Å². The number of nitrogens with one attached hydrogen (secondary N) is 1. The lowest BCUT2D eigenvalue weighted by Gasteiger charge is -2.22. The molecule has 0 radical (unpaired) electrons. The van der Waals surface area contributed by atoms with Crippen molar-refractivity contribution in [2.75, 3.05) is 6.54 Å². The number of aromatic nitrogens is 2. The SMILES string of the molecule is CCNC(=O)C1CCn2cncc2C1. The summed E-state index contributed by atoms with van der Waals surface area (Å²) >= 11 is 0.